The second kappa shape index (κ2) is 9.64. The number of hydrogen-bond acceptors (Lipinski definition) is 3. The predicted octanol–water partition coefficient (Wildman–Crippen LogP) is 5.06. The summed E-state index contributed by atoms with van der Waals surface area (Å²) in [4.78, 5) is 29.6. The van der Waals surface area contributed by atoms with E-state index < -0.39 is 17.7 Å². The van der Waals surface area contributed by atoms with Gasteiger partial charge in [-0.05, 0) is 54.4 Å². The fourth-order valence-electron chi connectivity index (χ4n) is 3.35. The largest absolute Gasteiger partial charge is 0.481 e. The van der Waals surface area contributed by atoms with Crippen LogP contribution in [0.25, 0.3) is 11.3 Å². The molecule has 1 amide bonds. The Morgan fingerprint density at radius 2 is 1.75 bits per heavy atom. The van der Waals surface area contributed by atoms with Crippen LogP contribution in [0, 0.1) is 0 Å². The molecule has 0 radical (unpaired) electrons. The number of halogens is 3. The van der Waals surface area contributed by atoms with E-state index in [1.165, 1.54) is 23.2 Å². The number of carboxylic acid groups (broad SMARTS) is 1. The van der Waals surface area contributed by atoms with Crippen LogP contribution in [0.5, 0.6) is 0 Å². The number of carbonyl (C=O) groups is 2. The van der Waals surface area contributed by atoms with Crippen molar-refractivity contribution in [3.8, 4) is 11.3 Å². The zero-order chi connectivity index (χ0) is 23.3. The molecule has 32 heavy (non-hydrogen) atoms. The Balaban J connectivity index is 2.04. The summed E-state index contributed by atoms with van der Waals surface area (Å²) in [5.41, 5.74) is 1.10. The molecule has 0 fully saturated rings. The van der Waals surface area contributed by atoms with Gasteiger partial charge in [-0.1, -0.05) is 24.3 Å². The van der Waals surface area contributed by atoms with Crippen LogP contribution in [-0.4, -0.2) is 33.4 Å². The molecule has 8 heteroatoms. The second-order valence-corrected chi connectivity index (χ2v) is 7.17. The van der Waals surface area contributed by atoms with E-state index in [2.05, 4.69) is 4.98 Å². The van der Waals surface area contributed by atoms with Crippen LogP contribution in [0.1, 0.15) is 34.0 Å². The van der Waals surface area contributed by atoms with Crippen LogP contribution in [0.2, 0.25) is 0 Å². The quantitative estimate of drug-likeness (QED) is 0.556. The first kappa shape index (κ1) is 23.0. The van der Waals surface area contributed by atoms with Crippen molar-refractivity contribution >= 4 is 11.9 Å². The predicted molar refractivity (Wildman–Crippen MR) is 113 cm³/mol. The van der Waals surface area contributed by atoms with Gasteiger partial charge in [0.2, 0.25) is 0 Å². The number of benzene rings is 2. The lowest BCUT2D eigenvalue weighted by Gasteiger charge is -2.23. The number of nitrogens with zero attached hydrogens (tertiary/aromatic N) is 2. The molecular formula is C24H21F3N2O3. The fourth-order valence-corrected chi connectivity index (χ4v) is 3.35. The number of alkyl halides is 3. The van der Waals surface area contributed by atoms with Crippen molar-refractivity contribution in [3.05, 3.63) is 89.1 Å². The third kappa shape index (κ3) is 5.51. The monoisotopic (exact) mass is 442 g/mol. The number of pyridine rings is 1. The van der Waals surface area contributed by atoms with E-state index in [1.807, 2.05) is 0 Å². The molecule has 3 rings (SSSR count). The minimum absolute atomic E-state index is 0.0612. The summed E-state index contributed by atoms with van der Waals surface area (Å²) in [6.07, 6.45) is -3.37. The maximum Gasteiger partial charge on any atom is 0.416 e. The van der Waals surface area contributed by atoms with E-state index in [1.54, 1.807) is 43.3 Å². The molecule has 3 aromatic rings. The topological polar surface area (TPSA) is 70.5 Å². The number of carbonyl (C=O) groups excluding carboxylic acids is 1. The molecule has 2 aromatic carbocycles. The van der Waals surface area contributed by atoms with Crippen LogP contribution in [0.15, 0.2) is 66.9 Å². The average Bonchev–Trinajstić information content (AvgIpc) is 2.76. The lowest BCUT2D eigenvalue weighted by atomic mass is 9.98. The zero-order valence-corrected chi connectivity index (χ0v) is 17.3. The smallest absolute Gasteiger partial charge is 0.416 e. The van der Waals surface area contributed by atoms with Crippen molar-refractivity contribution in [2.45, 2.75) is 26.1 Å². The van der Waals surface area contributed by atoms with Crippen molar-refractivity contribution < 1.29 is 27.9 Å². The van der Waals surface area contributed by atoms with Gasteiger partial charge in [-0.3, -0.25) is 14.6 Å². The first-order valence-corrected chi connectivity index (χ1v) is 9.90. The van der Waals surface area contributed by atoms with Gasteiger partial charge in [0.15, 0.2) is 0 Å². The summed E-state index contributed by atoms with van der Waals surface area (Å²) in [6.45, 7) is 1.98. The maximum atomic E-state index is 13.4. The highest BCUT2D eigenvalue weighted by Crippen LogP contribution is 2.34. The molecule has 0 atom stereocenters. The normalized spacial score (nSPS) is 11.2. The first-order chi connectivity index (χ1) is 15.2. The Bertz CT molecular complexity index is 1110. The van der Waals surface area contributed by atoms with Crippen molar-refractivity contribution in [3.63, 3.8) is 0 Å². The minimum Gasteiger partial charge on any atom is -0.481 e. The van der Waals surface area contributed by atoms with Gasteiger partial charge >= 0.3 is 12.1 Å². The van der Waals surface area contributed by atoms with Crippen LogP contribution < -0.4 is 0 Å². The summed E-state index contributed by atoms with van der Waals surface area (Å²) in [5, 5.41) is 9.04. The van der Waals surface area contributed by atoms with E-state index in [0.717, 1.165) is 12.1 Å². The van der Waals surface area contributed by atoms with E-state index in [4.69, 9.17) is 5.11 Å². The van der Waals surface area contributed by atoms with Crippen LogP contribution in [0.4, 0.5) is 13.2 Å². The number of aliphatic carboxylic acids is 1. The number of carboxylic acids is 1. The second-order valence-electron chi connectivity index (χ2n) is 7.17. The molecule has 0 saturated heterocycles. The van der Waals surface area contributed by atoms with E-state index in [-0.39, 0.29) is 31.0 Å². The molecule has 1 heterocycles. The highest BCUT2D eigenvalue weighted by atomic mass is 19.4. The fraction of sp³-hybridized carbons (Fsp3) is 0.208. The van der Waals surface area contributed by atoms with Gasteiger partial charge in [0.05, 0.1) is 17.7 Å². The zero-order valence-electron chi connectivity index (χ0n) is 17.3. The molecule has 0 aliphatic heterocycles. The Morgan fingerprint density at radius 1 is 1.03 bits per heavy atom. The van der Waals surface area contributed by atoms with Gasteiger partial charge in [-0.25, -0.2) is 0 Å². The SMILES string of the molecule is CCN(Cc1cc(C(F)(F)F)ccc1-c1cc(CC(=O)O)ccn1)C(=O)c1ccccc1. The lowest BCUT2D eigenvalue weighted by molar-refractivity contribution is -0.138. The van der Waals surface area contributed by atoms with Gasteiger partial charge in [0.25, 0.3) is 5.91 Å². The van der Waals surface area contributed by atoms with Crippen LogP contribution in [0.3, 0.4) is 0 Å². The molecule has 5 nitrogen and oxygen atoms in total. The summed E-state index contributed by atoms with van der Waals surface area (Å²) in [7, 11) is 0. The van der Waals surface area contributed by atoms with E-state index >= 15 is 0 Å². The number of hydrogen-bond donors (Lipinski definition) is 1. The van der Waals surface area contributed by atoms with E-state index in [0.29, 0.717) is 22.4 Å². The van der Waals surface area contributed by atoms with Crippen LogP contribution >= 0.6 is 0 Å². The first-order valence-electron chi connectivity index (χ1n) is 9.90. The highest BCUT2D eigenvalue weighted by molar-refractivity contribution is 5.94. The average molecular weight is 442 g/mol. The molecule has 0 aliphatic rings. The molecular weight excluding hydrogens is 421 g/mol. The van der Waals surface area contributed by atoms with Crippen LogP contribution in [-0.2, 0) is 23.9 Å². The van der Waals surface area contributed by atoms with Crippen molar-refractivity contribution in [1.82, 2.24) is 9.88 Å². The van der Waals surface area contributed by atoms with Crippen molar-refractivity contribution in [2.75, 3.05) is 6.54 Å². The Hall–Kier alpha value is -3.68. The third-order valence-corrected chi connectivity index (χ3v) is 4.94. The maximum absolute atomic E-state index is 13.4. The lowest BCUT2D eigenvalue weighted by Crippen LogP contribution is -2.30. The standard InChI is InChI=1S/C24H21F3N2O3/c1-2-29(23(32)17-6-4-3-5-7-17)15-18-14-19(24(25,26)27)8-9-20(18)21-12-16(10-11-28-21)13-22(30)31/h3-12,14H,2,13,15H2,1H3,(H,30,31). The molecule has 166 valence electrons. The third-order valence-electron chi connectivity index (χ3n) is 4.94. The minimum atomic E-state index is -4.55. The highest BCUT2D eigenvalue weighted by Gasteiger charge is 2.31. The molecule has 1 N–H and O–H groups in total. The molecule has 0 aliphatic carbocycles. The Morgan fingerprint density at radius 3 is 2.38 bits per heavy atom. The summed E-state index contributed by atoms with van der Waals surface area (Å²) >= 11 is 0. The molecule has 1 aromatic heterocycles. The summed E-state index contributed by atoms with van der Waals surface area (Å²) < 4.78 is 40.2. The Labute approximate surface area is 183 Å². The molecule has 0 spiro atoms. The van der Waals surface area contributed by atoms with Gasteiger partial charge in [0, 0.05) is 30.4 Å². The van der Waals surface area contributed by atoms with Crippen molar-refractivity contribution in [2.24, 2.45) is 0 Å². The molecule has 0 unspecified atom stereocenters. The number of aromatic nitrogens is 1. The summed E-state index contributed by atoms with van der Waals surface area (Å²) in [6, 6.07) is 14.9. The van der Waals surface area contributed by atoms with Gasteiger partial charge in [-0.15, -0.1) is 0 Å². The molecule has 0 saturated carbocycles. The van der Waals surface area contributed by atoms with E-state index in [9.17, 15) is 22.8 Å². The van der Waals surface area contributed by atoms with Gasteiger partial charge < -0.3 is 10.0 Å². The Kier molecular flexibility index (Phi) is 6.92. The van der Waals surface area contributed by atoms with Gasteiger partial charge in [0.1, 0.15) is 0 Å². The number of rotatable bonds is 7. The van der Waals surface area contributed by atoms with Gasteiger partial charge in [-0.2, -0.15) is 13.2 Å². The number of amides is 1. The van der Waals surface area contributed by atoms with Crippen molar-refractivity contribution in [1.29, 1.82) is 0 Å². The summed E-state index contributed by atoms with van der Waals surface area (Å²) in [5.74, 6) is -1.33. The molecule has 0 bridgehead atoms.